The monoisotopic (exact) mass is 606 g/mol. The molecular weight excluding hydrogens is 585 g/mol. The van der Waals surface area contributed by atoms with Gasteiger partial charge in [-0.15, -0.1) is 11.3 Å². The summed E-state index contributed by atoms with van der Waals surface area (Å²) in [5.41, 5.74) is 6.26. The maximum absolute atomic E-state index is 6.61. The average molecular weight is 607 g/mol. The first-order valence-corrected chi connectivity index (χ1v) is 16.1. The third kappa shape index (κ3) is 3.18. The van der Waals surface area contributed by atoms with Crippen molar-refractivity contribution < 1.29 is 4.74 Å². The largest absolute Gasteiger partial charge is 0.457 e. The molecule has 46 heavy (non-hydrogen) atoms. The van der Waals surface area contributed by atoms with Gasteiger partial charge in [-0.25, -0.2) is 9.97 Å². The molecule has 5 nitrogen and oxygen atoms in total. The van der Waals surface area contributed by atoms with Crippen LogP contribution in [0.4, 0.5) is 0 Å². The van der Waals surface area contributed by atoms with Crippen molar-refractivity contribution in [3.05, 3.63) is 134 Å². The average Bonchev–Trinajstić information content (AvgIpc) is 3.84. The van der Waals surface area contributed by atoms with E-state index in [0.29, 0.717) is 0 Å². The van der Waals surface area contributed by atoms with E-state index in [-0.39, 0.29) is 0 Å². The fourth-order valence-electron chi connectivity index (χ4n) is 7.45. The Kier molecular flexibility index (Phi) is 4.66. The molecule has 0 atom stereocenters. The molecule has 6 heteroatoms. The Morgan fingerprint density at radius 3 is 2.11 bits per heavy atom. The molecule has 5 heterocycles. The second kappa shape index (κ2) is 8.81. The number of thiophene rings is 1. The number of pyridine rings is 2. The lowest BCUT2D eigenvalue weighted by molar-refractivity contribution is 0.484. The van der Waals surface area contributed by atoms with Gasteiger partial charge in [-0.3, -0.25) is 8.80 Å². The maximum Gasteiger partial charge on any atom is 0.146 e. The molecule has 0 aliphatic heterocycles. The Morgan fingerprint density at radius 2 is 1.24 bits per heavy atom. The van der Waals surface area contributed by atoms with Crippen LogP contribution in [-0.4, -0.2) is 18.8 Å². The highest BCUT2D eigenvalue weighted by molar-refractivity contribution is 7.26. The summed E-state index contributed by atoms with van der Waals surface area (Å²) in [7, 11) is 0. The lowest BCUT2D eigenvalue weighted by Crippen LogP contribution is -1.93. The number of nitrogens with zero attached hydrogens (tertiary/aromatic N) is 4. The van der Waals surface area contributed by atoms with Gasteiger partial charge in [0.2, 0.25) is 0 Å². The maximum atomic E-state index is 6.61. The molecule has 0 unspecified atom stereocenters. The fraction of sp³-hybridized carbons (Fsp3) is 0. The number of aromatic nitrogens is 4. The van der Waals surface area contributed by atoms with E-state index in [0.717, 1.165) is 60.9 Å². The molecule has 0 amide bonds. The minimum absolute atomic E-state index is 0.766. The summed E-state index contributed by atoms with van der Waals surface area (Å²) in [6.07, 6.45) is 3.96. The second-order valence-corrected chi connectivity index (χ2v) is 12.9. The number of ether oxygens (including phenoxy) is 1. The van der Waals surface area contributed by atoms with E-state index in [2.05, 4.69) is 130 Å². The van der Waals surface area contributed by atoms with Crippen molar-refractivity contribution >= 4 is 97.2 Å². The number of hydrogen-bond acceptors (Lipinski definition) is 4. The summed E-state index contributed by atoms with van der Waals surface area (Å²) in [6, 6.07) is 42.7. The zero-order chi connectivity index (χ0) is 29.9. The van der Waals surface area contributed by atoms with Crippen LogP contribution in [-0.2, 0) is 0 Å². The number of rotatable bonds is 2. The van der Waals surface area contributed by atoms with Gasteiger partial charge in [0.05, 0.1) is 22.1 Å². The summed E-state index contributed by atoms with van der Waals surface area (Å²) >= 11 is 1.84. The van der Waals surface area contributed by atoms with Crippen LogP contribution in [0.25, 0.3) is 85.9 Å². The Labute approximate surface area is 265 Å². The van der Waals surface area contributed by atoms with Gasteiger partial charge in [0.25, 0.3) is 0 Å². The first kappa shape index (κ1) is 24.4. The quantitative estimate of drug-likeness (QED) is 0.184. The highest BCUT2D eigenvalue weighted by Gasteiger charge is 2.17. The van der Waals surface area contributed by atoms with E-state index < -0.39 is 0 Å². The summed E-state index contributed by atoms with van der Waals surface area (Å²) in [4.78, 5) is 9.91. The topological polar surface area (TPSA) is 43.8 Å². The third-order valence-corrected chi connectivity index (χ3v) is 10.5. The molecule has 11 rings (SSSR count). The third-order valence-electron chi connectivity index (χ3n) is 9.38. The molecular formula is C40H22N4OS. The number of fused-ring (bicyclic) bond motifs is 18. The van der Waals surface area contributed by atoms with Crippen molar-refractivity contribution in [1.82, 2.24) is 18.8 Å². The van der Waals surface area contributed by atoms with Gasteiger partial charge in [0, 0.05) is 54.1 Å². The molecule has 0 fully saturated rings. The summed E-state index contributed by atoms with van der Waals surface area (Å²) in [6.45, 7) is 0. The van der Waals surface area contributed by atoms with Gasteiger partial charge < -0.3 is 4.74 Å². The highest BCUT2D eigenvalue weighted by atomic mass is 32.1. The minimum Gasteiger partial charge on any atom is -0.457 e. The predicted octanol–water partition coefficient (Wildman–Crippen LogP) is 10.9. The molecule has 0 N–H and O–H groups in total. The van der Waals surface area contributed by atoms with Crippen molar-refractivity contribution in [1.29, 1.82) is 0 Å². The standard InChI is InChI=1S/C40H22N4OS/c1-4-10-33-27(7-1)25-15-13-24(22-31(25)40-42-32-9-3-5-11-34(32)44(33)40)45-23-14-16-26-28-17-18-36-37(29-8-2-6-12-35(29)46-36)38(28)43-20-19-41-39(43)30(26)21-23/h1-22H. The van der Waals surface area contributed by atoms with Crippen molar-refractivity contribution in [2.75, 3.05) is 0 Å². The van der Waals surface area contributed by atoms with Crippen molar-refractivity contribution in [2.24, 2.45) is 0 Å². The summed E-state index contributed by atoms with van der Waals surface area (Å²) in [5.74, 6) is 1.53. The Hall–Kier alpha value is -5.98. The molecule has 0 saturated heterocycles. The summed E-state index contributed by atoms with van der Waals surface area (Å²) < 4.78 is 13.7. The molecule has 0 aliphatic carbocycles. The van der Waals surface area contributed by atoms with E-state index in [1.807, 2.05) is 23.6 Å². The normalized spacial score (nSPS) is 12.3. The van der Waals surface area contributed by atoms with Crippen LogP contribution in [0, 0.1) is 0 Å². The molecule has 0 spiro atoms. The molecule has 0 saturated carbocycles. The zero-order valence-corrected chi connectivity index (χ0v) is 25.1. The van der Waals surface area contributed by atoms with Crippen LogP contribution >= 0.6 is 11.3 Å². The zero-order valence-electron chi connectivity index (χ0n) is 24.3. The van der Waals surface area contributed by atoms with E-state index >= 15 is 0 Å². The lowest BCUT2D eigenvalue weighted by atomic mass is 10.0. The van der Waals surface area contributed by atoms with Crippen LogP contribution in [0.2, 0.25) is 0 Å². The van der Waals surface area contributed by atoms with Gasteiger partial charge in [-0.05, 0) is 77.5 Å². The minimum atomic E-state index is 0.766. The van der Waals surface area contributed by atoms with Crippen molar-refractivity contribution in [3.63, 3.8) is 0 Å². The Bertz CT molecular complexity index is 3080. The second-order valence-electron chi connectivity index (χ2n) is 11.8. The SMILES string of the molecule is c1ccc2c(c1)nc1c3cc(Oc4ccc5c(c4)c4nccn4c4c5ccc5sc6ccccc6c54)ccc3c3ccccc3n21. The molecule has 11 aromatic rings. The Balaban J connectivity index is 1.12. The van der Waals surface area contributed by atoms with E-state index in [9.17, 15) is 0 Å². The van der Waals surface area contributed by atoms with Crippen molar-refractivity contribution in [2.45, 2.75) is 0 Å². The first-order chi connectivity index (χ1) is 22.8. The number of imidazole rings is 2. The van der Waals surface area contributed by atoms with E-state index in [4.69, 9.17) is 14.7 Å². The van der Waals surface area contributed by atoms with Gasteiger partial charge in [-0.2, -0.15) is 0 Å². The molecule has 5 aromatic heterocycles. The van der Waals surface area contributed by atoms with E-state index in [1.54, 1.807) is 0 Å². The van der Waals surface area contributed by atoms with Crippen molar-refractivity contribution in [3.8, 4) is 11.5 Å². The molecule has 214 valence electrons. The van der Waals surface area contributed by atoms with Gasteiger partial charge >= 0.3 is 0 Å². The van der Waals surface area contributed by atoms with Crippen LogP contribution in [0.3, 0.4) is 0 Å². The van der Waals surface area contributed by atoms with Gasteiger partial charge in [0.15, 0.2) is 0 Å². The summed E-state index contributed by atoms with van der Waals surface area (Å²) in [5, 5.41) is 9.39. The van der Waals surface area contributed by atoms with Gasteiger partial charge in [-0.1, -0.05) is 54.6 Å². The lowest BCUT2D eigenvalue weighted by Gasteiger charge is -2.13. The molecule has 0 aliphatic rings. The first-order valence-electron chi connectivity index (χ1n) is 15.3. The smallest absolute Gasteiger partial charge is 0.146 e. The van der Waals surface area contributed by atoms with Gasteiger partial charge in [0.1, 0.15) is 22.8 Å². The Morgan fingerprint density at radius 1 is 0.543 bits per heavy atom. The number of benzene rings is 6. The molecule has 0 bridgehead atoms. The molecule has 0 radical (unpaired) electrons. The molecule has 6 aromatic carbocycles. The van der Waals surface area contributed by atoms with Crippen LogP contribution in [0.1, 0.15) is 0 Å². The van der Waals surface area contributed by atoms with Crippen LogP contribution < -0.4 is 4.74 Å². The predicted molar refractivity (Wildman–Crippen MR) is 191 cm³/mol. The highest BCUT2D eigenvalue weighted by Crippen LogP contribution is 2.42. The fourth-order valence-corrected chi connectivity index (χ4v) is 8.55. The van der Waals surface area contributed by atoms with E-state index in [1.165, 1.54) is 36.5 Å². The number of hydrogen-bond donors (Lipinski definition) is 0. The van der Waals surface area contributed by atoms with Crippen LogP contribution in [0.15, 0.2) is 134 Å². The van der Waals surface area contributed by atoms with Crippen LogP contribution in [0.5, 0.6) is 11.5 Å². The number of para-hydroxylation sites is 3.